The second kappa shape index (κ2) is 11.5. The van der Waals surface area contributed by atoms with E-state index in [1.807, 2.05) is 6.07 Å². The third-order valence-corrected chi connectivity index (χ3v) is 4.26. The molecule has 0 saturated heterocycles. The molecule has 0 heterocycles. The number of benzene rings is 2. The van der Waals surface area contributed by atoms with E-state index in [0.717, 1.165) is 5.56 Å². The van der Waals surface area contributed by atoms with Crippen molar-refractivity contribution in [1.29, 1.82) is 0 Å². The first-order valence-corrected chi connectivity index (χ1v) is 9.54. The van der Waals surface area contributed by atoms with Gasteiger partial charge >= 0.3 is 5.97 Å². The highest BCUT2D eigenvalue weighted by Gasteiger charge is 2.21. The normalized spacial score (nSPS) is 11.2. The van der Waals surface area contributed by atoms with E-state index in [-0.39, 0.29) is 18.9 Å². The van der Waals surface area contributed by atoms with Crippen LogP contribution in [0.1, 0.15) is 35.3 Å². The molecule has 0 fully saturated rings. The van der Waals surface area contributed by atoms with E-state index in [4.69, 9.17) is 18.9 Å². The van der Waals surface area contributed by atoms with Crippen LogP contribution in [-0.2, 0) is 9.53 Å². The van der Waals surface area contributed by atoms with E-state index >= 15 is 0 Å². The van der Waals surface area contributed by atoms with Gasteiger partial charge in [-0.15, -0.1) is 0 Å². The number of nitrogens with one attached hydrogen (secondary N) is 1. The van der Waals surface area contributed by atoms with E-state index in [0.29, 0.717) is 29.4 Å². The van der Waals surface area contributed by atoms with Crippen LogP contribution in [0.2, 0.25) is 0 Å². The lowest BCUT2D eigenvalue weighted by Crippen LogP contribution is -2.30. The van der Waals surface area contributed by atoms with Crippen molar-refractivity contribution in [3.05, 3.63) is 66.2 Å². The van der Waals surface area contributed by atoms with Crippen LogP contribution in [0.4, 0.5) is 0 Å². The average Bonchev–Trinajstić information content (AvgIpc) is 2.77. The van der Waals surface area contributed by atoms with Crippen LogP contribution >= 0.6 is 0 Å². The number of methoxy groups -OCH3 is 2. The molecule has 7 nitrogen and oxygen atoms in total. The molecule has 1 atom stereocenters. The molecule has 1 unspecified atom stereocenters. The standard InChI is InChI=1S/C23H27NO6/c1-5-12-30-20-11-10-17(14-21(20)28-4)23(26)24-19(15-22(25)29-6-2)16-8-7-9-18(13-16)27-3/h5,7-11,13-14,19H,1,6,12,15H2,2-4H3,(H,24,26). The van der Waals surface area contributed by atoms with E-state index in [1.165, 1.54) is 7.11 Å². The van der Waals surface area contributed by atoms with Crippen LogP contribution in [0.25, 0.3) is 0 Å². The van der Waals surface area contributed by atoms with Gasteiger partial charge in [0.2, 0.25) is 0 Å². The molecule has 160 valence electrons. The second-order valence-corrected chi connectivity index (χ2v) is 6.28. The van der Waals surface area contributed by atoms with E-state index in [2.05, 4.69) is 11.9 Å². The number of amides is 1. The summed E-state index contributed by atoms with van der Waals surface area (Å²) in [5, 5.41) is 2.90. The third-order valence-electron chi connectivity index (χ3n) is 4.26. The largest absolute Gasteiger partial charge is 0.497 e. The molecule has 0 aromatic heterocycles. The smallest absolute Gasteiger partial charge is 0.308 e. The molecule has 2 aromatic rings. The van der Waals surface area contributed by atoms with Crippen molar-refractivity contribution in [3.8, 4) is 17.2 Å². The van der Waals surface area contributed by atoms with Gasteiger partial charge in [-0.1, -0.05) is 24.8 Å². The fourth-order valence-corrected chi connectivity index (χ4v) is 2.82. The topological polar surface area (TPSA) is 83.1 Å². The maximum Gasteiger partial charge on any atom is 0.308 e. The molecule has 0 radical (unpaired) electrons. The first kappa shape index (κ1) is 22.8. The van der Waals surface area contributed by atoms with Gasteiger partial charge in [-0.3, -0.25) is 9.59 Å². The first-order chi connectivity index (χ1) is 14.5. The van der Waals surface area contributed by atoms with Crippen LogP contribution in [0.3, 0.4) is 0 Å². The molecule has 1 N–H and O–H groups in total. The van der Waals surface area contributed by atoms with Crippen molar-refractivity contribution in [2.75, 3.05) is 27.4 Å². The highest BCUT2D eigenvalue weighted by atomic mass is 16.5. The average molecular weight is 413 g/mol. The maximum absolute atomic E-state index is 12.9. The van der Waals surface area contributed by atoms with Gasteiger partial charge in [0.1, 0.15) is 12.4 Å². The Bertz CT molecular complexity index is 880. The van der Waals surface area contributed by atoms with Gasteiger partial charge in [-0.25, -0.2) is 0 Å². The molecule has 7 heteroatoms. The maximum atomic E-state index is 12.9. The molecular formula is C23H27NO6. The van der Waals surface area contributed by atoms with Gasteiger partial charge in [0.15, 0.2) is 11.5 Å². The highest BCUT2D eigenvalue weighted by Crippen LogP contribution is 2.29. The van der Waals surface area contributed by atoms with Crippen molar-refractivity contribution >= 4 is 11.9 Å². The van der Waals surface area contributed by atoms with Crippen molar-refractivity contribution in [2.45, 2.75) is 19.4 Å². The minimum absolute atomic E-state index is 0.00951. The molecule has 2 aromatic carbocycles. The Hall–Kier alpha value is -3.48. The second-order valence-electron chi connectivity index (χ2n) is 6.28. The monoisotopic (exact) mass is 413 g/mol. The van der Waals surface area contributed by atoms with Crippen molar-refractivity contribution in [2.24, 2.45) is 0 Å². The summed E-state index contributed by atoms with van der Waals surface area (Å²) < 4.78 is 21.2. The molecule has 0 spiro atoms. The number of rotatable bonds is 11. The molecule has 0 bridgehead atoms. The number of carbonyl (C=O) groups excluding carboxylic acids is 2. The molecular weight excluding hydrogens is 386 g/mol. The summed E-state index contributed by atoms with van der Waals surface area (Å²) in [7, 11) is 3.05. The Labute approximate surface area is 176 Å². The number of carbonyl (C=O) groups is 2. The third kappa shape index (κ3) is 6.27. The molecule has 0 aliphatic rings. The molecule has 2 rings (SSSR count). The zero-order valence-corrected chi connectivity index (χ0v) is 17.5. The number of hydrogen-bond acceptors (Lipinski definition) is 6. The zero-order valence-electron chi connectivity index (χ0n) is 17.5. The Morgan fingerprint density at radius 3 is 2.57 bits per heavy atom. The van der Waals surface area contributed by atoms with Gasteiger partial charge in [-0.2, -0.15) is 0 Å². The van der Waals surface area contributed by atoms with Crippen LogP contribution < -0.4 is 19.5 Å². The van der Waals surface area contributed by atoms with Gasteiger partial charge < -0.3 is 24.3 Å². The van der Waals surface area contributed by atoms with E-state index in [1.54, 1.807) is 56.5 Å². The van der Waals surface area contributed by atoms with E-state index in [9.17, 15) is 9.59 Å². The lowest BCUT2D eigenvalue weighted by molar-refractivity contribution is -0.143. The minimum Gasteiger partial charge on any atom is -0.497 e. The lowest BCUT2D eigenvalue weighted by atomic mass is 10.0. The Morgan fingerprint density at radius 2 is 1.90 bits per heavy atom. The summed E-state index contributed by atoms with van der Waals surface area (Å²) in [4.78, 5) is 25.0. The Kier molecular flexibility index (Phi) is 8.75. The summed E-state index contributed by atoms with van der Waals surface area (Å²) in [6, 6.07) is 11.5. The summed E-state index contributed by atoms with van der Waals surface area (Å²) in [6.45, 7) is 5.93. The predicted molar refractivity (Wildman–Crippen MR) is 113 cm³/mol. The Balaban J connectivity index is 2.26. The summed E-state index contributed by atoms with van der Waals surface area (Å²) in [5.74, 6) is 0.788. The fourth-order valence-electron chi connectivity index (χ4n) is 2.82. The summed E-state index contributed by atoms with van der Waals surface area (Å²) in [6.07, 6.45) is 1.61. The molecule has 0 saturated carbocycles. The molecule has 0 aliphatic heterocycles. The Morgan fingerprint density at radius 1 is 1.10 bits per heavy atom. The number of ether oxygens (including phenoxy) is 4. The van der Waals surface area contributed by atoms with Gasteiger partial charge in [0, 0.05) is 5.56 Å². The number of esters is 1. The fraction of sp³-hybridized carbons (Fsp3) is 0.304. The van der Waals surface area contributed by atoms with Crippen LogP contribution in [-0.4, -0.2) is 39.3 Å². The molecule has 0 aliphatic carbocycles. The number of hydrogen-bond donors (Lipinski definition) is 1. The quantitative estimate of drug-likeness (QED) is 0.447. The van der Waals surface area contributed by atoms with Crippen molar-refractivity contribution in [3.63, 3.8) is 0 Å². The summed E-state index contributed by atoms with van der Waals surface area (Å²) in [5.41, 5.74) is 1.10. The van der Waals surface area contributed by atoms with Crippen LogP contribution in [0.15, 0.2) is 55.1 Å². The van der Waals surface area contributed by atoms with Crippen molar-refractivity contribution in [1.82, 2.24) is 5.32 Å². The van der Waals surface area contributed by atoms with E-state index < -0.39 is 12.0 Å². The minimum atomic E-state index is -0.589. The van der Waals surface area contributed by atoms with Gasteiger partial charge in [0.05, 0.1) is 33.3 Å². The van der Waals surface area contributed by atoms with Gasteiger partial charge in [0.25, 0.3) is 5.91 Å². The predicted octanol–water partition coefficient (Wildman–Crippen LogP) is 3.69. The first-order valence-electron chi connectivity index (χ1n) is 9.54. The zero-order chi connectivity index (χ0) is 21.9. The van der Waals surface area contributed by atoms with Crippen LogP contribution in [0, 0.1) is 0 Å². The molecule has 30 heavy (non-hydrogen) atoms. The lowest BCUT2D eigenvalue weighted by Gasteiger charge is -2.20. The van der Waals surface area contributed by atoms with Crippen LogP contribution in [0.5, 0.6) is 17.2 Å². The van der Waals surface area contributed by atoms with Crippen molar-refractivity contribution < 1.29 is 28.5 Å². The molecule has 1 amide bonds. The van der Waals surface area contributed by atoms with Gasteiger partial charge in [-0.05, 0) is 42.8 Å². The SMILES string of the molecule is C=CCOc1ccc(C(=O)NC(CC(=O)OCC)c2cccc(OC)c2)cc1OC. The highest BCUT2D eigenvalue weighted by molar-refractivity contribution is 5.95. The summed E-state index contributed by atoms with van der Waals surface area (Å²) >= 11 is 0.